The van der Waals surface area contributed by atoms with Crippen molar-refractivity contribution in [2.24, 2.45) is 0 Å². The highest BCUT2D eigenvalue weighted by Gasteiger charge is 2.11. The largest absolute Gasteiger partial charge is 0.490 e. The summed E-state index contributed by atoms with van der Waals surface area (Å²) in [6, 6.07) is 5.91. The summed E-state index contributed by atoms with van der Waals surface area (Å²) in [5.74, 6) is 2.06. The molecule has 2 rings (SSSR count). The molecule has 2 N–H and O–H groups in total. The van der Waals surface area contributed by atoms with E-state index in [1.54, 1.807) is 13.3 Å². The van der Waals surface area contributed by atoms with Crippen LogP contribution in [0.5, 0.6) is 5.75 Å². The molecule has 0 bridgehead atoms. The Morgan fingerprint density at radius 1 is 1.05 bits per heavy atom. The zero-order valence-electron chi connectivity index (χ0n) is 12.5. The average Bonchev–Trinajstić information content (AvgIpc) is 2.54. The number of anilines is 2. The van der Waals surface area contributed by atoms with E-state index in [1.807, 2.05) is 18.2 Å². The predicted octanol–water partition coefficient (Wildman–Crippen LogP) is 2.36. The van der Waals surface area contributed by atoms with Gasteiger partial charge in [0.1, 0.15) is 6.33 Å². The van der Waals surface area contributed by atoms with Crippen molar-refractivity contribution in [3.05, 3.63) is 36.4 Å². The van der Waals surface area contributed by atoms with Gasteiger partial charge in [0.25, 0.3) is 0 Å². The number of methoxy groups -OCH3 is 1. The SMILES string of the molecule is CCCNc1ncnc(NCCc2ccccn2)c1OC. The molecule has 6 nitrogen and oxygen atoms in total. The van der Waals surface area contributed by atoms with Crippen LogP contribution in [0.25, 0.3) is 0 Å². The van der Waals surface area contributed by atoms with Gasteiger partial charge in [-0.05, 0) is 18.6 Å². The van der Waals surface area contributed by atoms with E-state index in [0.717, 1.165) is 37.4 Å². The lowest BCUT2D eigenvalue weighted by atomic mass is 10.3. The van der Waals surface area contributed by atoms with Crippen LogP contribution in [-0.4, -0.2) is 35.2 Å². The average molecular weight is 287 g/mol. The third-order valence-electron chi connectivity index (χ3n) is 2.95. The van der Waals surface area contributed by atoms with E-state index in [4.69, 9.17) is 4.74 Å². The van der Waals surface area contributed by atoms with Crippen molar-refractivity contribution in [1.82, 2.24) is 15.0 Å². The smallest absolute Gasteiger partial charge is 0.204 e. The summed E-state index contributed by atoms with van der Waals surface area (Å²) in [5, 5.41) is 6.51. The van der Waals surface area contributed by atoms with E-state index in [1.165, 1.54) is 6.33 Å². The summed E-state index contributed by atoms with van der Waals surface area (Å²) in [4.78, 5) is 12.8. The standard InChI is InChI=1S/C15H21N5O/c1-3-8-17-14-13(21-2)15(20-11-19-14)18-10-7-12-6-4-5-9-16-12/h4-6,9,11H,3,7-8,10H2,1-2H3,(H2,17,18,19,20). The topological polar surface area (TPSA) is 72.0 Å². The zero-order valence-corrected chi connectivity index (χ0v) is 12.5. The van der Waals surface area contributed by atoms with Crippen LogP contribution in [0.1, 0.15) is 19.0 Å². The first-order valence-electron chi connectivity index (χ1n) is 7.11. The van der Waals surface area contributed by atoms with Crippen LogP contribution in [0.2, 0.25) is 0 Å². The number of ether oxygens (including phenoxy) is 1. The van der Waals surface area contributed by atoms with E-state index in [9.17, 15) is 0 Å². The highest BCUT2D eigenvalue weighted by Crippen LogP contribution is 2.28. The maximum Gasteiger partial charge on any atom is 0.204 e. The first-order valence-corrected chi connectivity index (χ1v) is 7.11. The lowest BCUT2D eigenvalue weighted by Crippen LogP contribution is -2.11. The zero-order chi connectivity index (χ0) is 14.9. The van der Waals surface area contributed by atoms with Crippen molar-refractivity contribution in [2.75, 3.05) is 30.8 Å². The van der Waals surface area contributed by atoms with Crippen LogP contribution in [0.3, 0.4) is 0 Å². The molecule has 21 heavy (non-hydrogen) atoms. The summed E-state index contributed by atoms with van der Waals surface area (Å²) in [5.41, 5.74) is 1.04. The summed E-state index contributed by atoms with van der Waals surface area (Å²) in [7, 11) is 1.62. The molecule has 0 aliphatic heterocycles. The molecule has 0 aromatic carbocycles. The molecule has 0 amide bonds. The van der Waals surface area contributed by atoms with E-state index in [2.05, 4.69) is 32.5 Å². The van der Waals surface area contributed by atoms with Crippen LogP contribution < -0.4 is 15.4 Å². The molecule has 0 aliphatic rings. The van der Waals surface area contributed by atoms with Crippen molar-refractivity contribution in [3.8, 4) is 5.75 Å². The molecule has 2 aromatic heterocycles. The summed E-state index contributed by atoms with van der Waals surface area (Å²) >= 11 is 0. The fourth-order valence-corrected chi connectivity index (χ4v) is 1.92. The maximum atomic E-state index is 5.41. The van der Waals surface area contributed by atoms with Crippen molar-refractivity contribution in [2.45, 2.75) is 19.8 Å². The Morgan fingerprint density at radius 2 is 1.81 bits per heavy atom. The second-order valence-corrected chi connectivity index (χ2v) is 4.53. The number of rotatable bonds is 8. The van der Waals surface area contributed by atoms with Crippen LogP contribution in [0.15, 0.2) is 30.7 Å². The molecule has 0 saturated carbocycles. The van der Waals surface area contributed by atoms with Gasteiger partial charge in [0.05, 0.1) is 7.11 Å². The van der Waals surface area contributed by atoms with Gasteiger partial charge >= 0.3 is 0 Å². The van der Waals surface area contributed by atoms with Gasteiger partial charge in [-0.15, -0.1) is 0 Å². The minimum absolute atomic E-state index is 0.645. The Labute approximate surface area is 125 Å². The molecule has 2 aromatic rings. The van der Waals surface area contributed by atoms with Gasteiger partial charge < -0.3 is 15.4 Å². The van der Waals surface area contributed by atoms with Gasteiger partial charge in [-0.3, -0.25) is 4.98 Å². The number of hydrogen-bond acceptors (Lipinski definition) is 6. The third-order valence-corrected chi connectivity index (χ3v) is 2.95. The van der Waals surface area contributed by atoms with Crippen LogP contribution in [0.4, 0.5) is 11.6 Å². The molecular weight excluding hydrogens is 266 g/mol. The Hall–Kier alpha value is -2.37. The number of pyridine rings is 1. The van der Waals surface area contributed by atoms with Crippen LogP contribution >= 0.6 is 0 Å². The second-order valence-electron chi connectivity index (χ2n) is 4.53. The van der Waals surface area contributed by atoms with Gasteiger partial charge in [-0.2, -0.15) is 0 Å². The molecule has 0 radical (unpaired) electrons. The van der Waals surface area contributed by atoms with Crippen molar-refractivity contribution < 1.29 is 4.74 Å². The predicted molar refractivity (Wildman–Crippen MR) is 83.8 cm³/mol. The molecule has 112 valence electrons. The first-order chi connectivity index (χ1) is 10.3. The van der Waals surface area contributed by atoms with Crippen molar-refractivity contribution in [1.29, 1.82) is 0 Å². The fraction of sp³-hybridized carbons (Fsp3) is 0.400. The van der Waals surface area contributed by atoms with Crippen LogP contribution in [0, 0.1) is 0 Å². The Morgan fingerprint density at radius 3 is 2.43 bits per heavy atom. The maximum absolute atomic E-state index is 5.41. The lowest BCUT2D eigenvalue weighted by molar-refractivity contribution is 0.414. The van der Waals surface area contributed by atoms with E-state index in [0.29, 0.717) is 11.6 Å². The molecule has 0 saturated heterocycles. The highest BCUT2D eigenvalue weighted by atomic mass is 16.5. The summed E-state index contributed by atoms with van der Waals surface area (Å²) < 4.78 is 5.41. The lowest BCUT2D eigenvalue weighted by Gasteiger charge is -2.13. The molecule has 0 fully saturated rings. The van der Waals surface area contributed by atoms with E-state index < -0.39 is 0 Å². The monoisotopic (exact) mass is 287 g/mol. The highest BCUT2D eigenvalue weighted by molar-refractivity contribution is 5.63. The molecule has 2 heterocycles. The molecular formula is C15H21N5O. The minimum Gasteiger partial charge on any atom is -0.490 e. The Kier molecular flexibility index (Phi) is 5.75. The minimum atomic E-state index is 0.645. The summed E-state index contributed by atoms with van der Waals surface area (Å²) in [6.07, 6.45) is 5.18. The second kappa shape index (κ2) is 8.04. The third kappa shape index (κ3) is 4.30. The van der Waals surface area contributed by atoms with E-state index in [-0.39, 0.29) is 0 Å². The molecule has 0 aliphatic carbocycles. The first kappa shape index (κ1) is 15.0. The fourth-order valence-electron chi connectivity index (χ4n) is 1.92. The quantitative estimate of drug-likeness (QED) is 0.776. The van der Waals surface area contributed by atoms with Crippen molar-refractivity contribution >= 4 is 11.6 Å². The molecule has 6 heteroatoms. The number of nitrogens with one attached hydrogen (secondary N) is 2. The number of aromatic nitrogens is 3. The Balaban J connectivity index is 1.98. The normalized spacial score (nSPS) is 10.2. The van der Waals surface area contributed by atoms with Gasteiger partial charge in [0.2, 0.25) is 5.75 Å². The van der Waals surface area contributed by atoms with Gasteiger partial charge in [0, 0.05) is 31.4 Å². The van der Waals surface area contributed by atoms with Gasteiger partial charge in [-0.1, -0.05) is 13.0 Å². The number of hydrogen-bond donors (Lipinski definition) is 2. The molecule has 0 atom stereocenters. The summed E-state index contributed by atoms with van der Waals surface area (Å²) in [6.45, 7) is 3.69. The van der Waals surface area contributed by atoms with E-state index >= 15 is 0 Å². The number of nitrogens with zero attached hydrogens (tertiary/aromatic N) is 3. The molecule has 0 unspecified atom stereocenters. The van der Waals surface area contributed by atoms with Gasteiger partial charge in [0.15, 0.2) is 11.6 Å². The molecule has 0 spiro atoms. The van der Waals surface area contributed by atoms with Gasteiger partial charge in [-0.25, -0.2) is 9.97 Å². The van der Waals surface area contributed by atoms with Crippen LogP contribution in [-0.2, 0) is 6.42 Å². The van der Waals surface area contributed by atoms with Crippen molar-refractivity contribution in [3.63, 3.8) is 0 Å². The Bertz CT molecular complexity index is 547.